The number of thioether (sulfide) groups is 1. The van der Waals surface area contributed by atoms with E-state index < -0.39 is 0 Å². The standard InChI is InChI=1S/C17H19NOS/c1-12(2)13-8-10-15(11-9-13)20-16(17(18)19)14-6-4-3-5-7-14/h3-12,16H,1-2H3,(H2,18,19). The summed E-state index contributed by atoms with van der Waals surface area (Å²) in [5.74, 6) is 0.198. The van der Waals surface area contributed by atoms with Crippen molar-refractivity contribution in [2.75, 3.05) is 0 Å². The van der Waals surface area contributed by atoms with Gasteiger partial charge in [-0.15, -0.1) is 11.8 Å². The third-order valence-electron chi connectivity index (χ3n) is 3.16. The molecule has 2 aromatic carbocycles. The summed E-state index contributed by atoms with van der Waals surface area (Å²) in [5.41, 5.74) is 7.77. The van der Waals surface area contributed by atoms with E-state index in [1.54, 1.807) is 0 Å². The van der Waals surface area contributed by atoms with E-state index >= 15 is 0 Å². The first-order chi connectivity index (χ1) is 9.58. The molecular weight excluding hydrogens is 266 g/mol. The summed E-state index contributed by atoms with van der Waals surface area (Å²) >= 11 is 1.50. The first-order valence-corrected chi connectivity index (χ1v) is 7.57. The Morgan fingerprint density at radius 1 is 0.950 bits per heavy atom. The Labute approximate surface area is 124 Å². The van der Waals surface area contributed by atoms with Crippen molar-refractivity contribution < 1.29 is 4.79 Å². The van der Waals surface area contributed by atoms with Crippen molar-refractivity contribution in [3.63, 3.8) is 0 Å². The van der Waals surface area contributed by atoms with E-state index in [0.29, 0.717) is 5.92 Å². The molecule has 2 N–H and O–H groups in total. The summed E-state index contributed by atoms with van der Waals surface area (Å²) in [7, 11) is 0. The molecule has 0 bridgehead atoms. The van der Waals surface area contributed by atoms with E-state index in [4.69, 9.17) is 5.73 Å². The molecule has 0 aliphatic carbocycles. The van der Waals surface area contributed by atoms with Crippen LogP contribution in [0, 0.1) is 0 Å². The zero-order chi connectivity index (χ0) is 14.5. The van der Waals surface area contributed by atoms with Crippen molar-refractivity contribution in [1.29, 1.82) is 0 Å². The smallest absolute Gasteiger partial charge is 0.235 e. The number of rotatable bonds is 5. The fourth-order valence-electron chi connectivity index (χ4n) is 1.99. The Kier molecular flexibility index (Phi) is 4.85. The van der Waals surface area contributed by atoms with Crippen molar-refractivity contribution in [2.45, 2.75) is 29.9 Å². The molecule has 2 rings (SSSR count). The summed E-state index contributed by atoms with van der Waals surface area (Å²) in [6.07, 6.45) is 0. The molecule has 2 aromatic rings. The van der Waals surface area contributed by atoms with Crippen molar-refractivity contribution >= 4 is 17.7 Å². The van der Waals surface area contributed by atoms with Crippen LogP contribution in [-0.4, -0.2) is 5.91 Å². The predicted molar refractivity (Wildman–Crippen MR) is 84.8 cm³/mol. The summed E-state index contributed by atoms with van der Waals surface area (Å²) in [6, 6.07) is 18.0. The lowest BCUT2D eigenvalue weighted by atomic mass is 10.0. The minimum absolute atomic E-state index is 0.311. The first-order valence-electron chi connectivity index (χ1n) is 6.69. The van der Waals surface area contributed by atoms with Gasteiger partial charge in [-0.1, -0.05) is 56.3 Å². The lowest BCUT2D eigenvalue weighted by Crippen LogP contribution is -2.18. The lowest BCUT2D eigenvalue weighted by molar-refractivity contribution is -0.117. The molecule has 0 aromatic heterocycles. The van der Waals surface area contributed by atoms with Crippen LogP contribution in [0.4, 0.5) is 0 Å². The summed E-state index contributed by atoms with van der Waals surface area (Å²) in [6.45, 7) is 4.33. The van der Waals surface area contributed by atoms with Crippen molar-refractivity contribution in [3.8, 4) is 0 Å². The molecule has 0 aliphatic heterocycles. The molecule has 0 radical (unpaired) electrons. The SMILES string of the molecule is CC(C)c1ccc(SC(C(N)=O)c2ccccc2)cc1. The third-order valence-corrected chi connectivity index (χ3v) is 4.45. The van der Waals surface area contributed by atoms with E-state index in [1.165, 1.54) is 17.3 Å². The molecule has 0 fully saturated rings. The maximum atomic E-state index is 11.7. The van der Waals surface area contributed by atoms with Gasteiger partial charge in [0.2, 0.25) is 5.91 Å². The molecule has 1 unspecified atom stereocenters. The Bertz CT molecular complexity index is 563. The number of benzene rings is 2. The van der Waals surface area contributed by atoms with Crippen LogP contribution >= 0.6 is 11.8 Å². The van der Waals surface area contributed by atoms with Gasteiger partial charge in [-0.2, -0.15) is 0 Å². The topological polar surface area (TPSA) is 43.1 Å². The van der Waals surface area contributed by atoms with Crippen molar-refractivity contribution in [2.24, 2.45) is 5.73 Å². The Morgan fingerprint density at radius 3 is 2.05 bits per heavy atom. The largest absolute Gasteiger partial charge is 0.368 e. The Hall–Kier alpha value is -1.74. The molecule has 1 atom stereocenters. The van der Waals surface area contributed by atoms with Gasteiger partial charge in [0.15, 0.2) is 0 Å². The second-order valence-electron chi connectivity index (χ2n) is 5.03. The lowest BCUT2D eigenvalue weighted by Gasteiger charge is -2.14. The number of carbonyl (C=O) groups excluding carboxylic acids is 1. The summed E-state index contributed by atoms with van der Waals surface area (Å²) < 4.78 is 0. The molecule has 0 saturated heterocycles. The third kappa shape index (κ3) is 3.64. The van der Waals surface area contributed by atoms with Crippen LogP contribution in [0.5, 0.6) is 0 Å². The number of primary amides is 1. The fraction of sp³-hybridized carbons (Fsp3) is 0.235. The van der Waals surface area contributed by atoms with Crippen LogP contribution in [0.25, 0.3) is 0 Å². The molecule has 0 saturated carbocycles. The number of hydrogen-bond acceptors (Lipinski definition) is 2. The first kappa shape index (κ1) is 14.7. The number of nitrogens with two attached hydrogens (primary N) is 1. The minimum atomic E-state index is -0.346. The molecule has 0 heterocycles. The Morgan fingerprint density at radius 2 is 1.55 bits per heavy atom. The highest BCUT2D eigenvalue weighted by atomic mass is 32.2. The van der Waals surface area contributed by atoms with Crippen molar-refractivity contribution in [1.82, 2.24) is 0 Å². The molecule has 0 spiro atoms. The highest BCUT2D eigenvalue weighted by Crippen LogP contribution is 2.35. The monoisotopic (exact) mass is 285 g/mol. The average Bonchev–Trinajstić information content (AvgIpc) is 2.46. The molecule has 3 heteroatoms. The van der Waals surface area contributed by atoms with E-state index in [9.17, 15) is 4.79 Å². The predicted octanol–water partition coefficient (Wildman–Crippen LogP) is 4.13. The van der Waals surface area contributed by atoms with Gasteiger partial charge >= 0.3 is 0 Å². The Balaban J connectivity index is 2.19. The maximum absolute atomic E-state index is 11.7. The van der Waals surface area contributed by atoms with Crippen LogP contribution in [0.2, 0.25) is 0 Å². The zero-order valence-corrected chi connectivity index (χ0v) is 12.6. The maximum Gasteiger partial charge on any atom is 0.235 e. The average molecular weight is 285 g/mol. The van der Waals surface area contributed by atoms with Gasteiger partial charge in [0, 0.05) is 4.90 Å². The molecule has 2 nitrogen and oxygen atoms in total. The number of carbonyl (C=O) groups is 1. The highest BCUT2D eigenvalue weighted by molar-refractivity contribution is 8.00. The van der Waals surface area contributed by atoms with E-state index in [1.807, 2.05) is 30.3 Å². The van der Waals surface area contributed by atoms with Gasteiger partial charge < -0.3 is 5.73 Å². The van der Waals surface area contributed by atoms with Gasteiger partial charge in [-0.05, 0) is 29.2 Å². The van der Waals surface area contributed by atoms with Crippen LogP contribution in [0.1, 0.15) is 36.1 Å². The second-order valence-corrected chi connectivity index (χ2v) is 6.21. The second kappa shape index (κ2) is 6.62. The number of hydrogen-bond donors (Lipinski definition) is 1. The van der Waals surface area contributed by atoms with Crippen molar-refractivity contribution in [3.05, 3.63) is 65.7 Å². The van der Waals surface area contributed by atoms with E-state index in [-0.39, 0.29) is 11.2 Å². The molecular formula is C17H19NOS. The fourth-order valence-corrected chi connectivity index (χ4v) is 2.96. The van der Waals surface area contributed by atoms with Crippen LogP contribution in [0.15, 0.2) is 59.5 Å². The minimum Gasteiger partial charge on any atom is -0.368 e. The molecule has 0 aliphatic rings. The number of amides is 1. The van der Waals surface area contributed by atoms with E-state index in [0.717, 1.165) is 10.5 Å². The van der Waals surface area contributed by atoms with Crippen LogP contribution in [0.3, 0.4) is 0 Å². The molecule has 20 heavy (non-hydrogen) atoms. The summed E-state index contributed by atoms with van der Waals surface area (Å²) in [4.78, 5) is 12.7. The van der Waals surface area contributed by atoms with Crippen LogP contribution in [-0.2, 0) is 4.79 Å². The normalized spacial score (nSPS) is 12.3. The van der Waals surface area contributed by atoms with Crippen LogP contribution < -0.4 is 5.73 Å². The van der Waals surface area contributed by atoms with Gasteiger partial charge in [-0.3, -0.25) is 4.79 Å². The molecule has 104 valence electrons. The quantitative estimate of drug-likeness (QED) is 0.839. The van der Waals surface area contributed by atoms with Gasteiger partial charge in [-0.25, -0.2) is 0 Å². The summed E-state index contributed by atoms with van der Waals surface area (Å²) in [5, 5.41) is -0.346. The highest BCUT2D eigenvalue weighted by Gasteiger charge is 2.18. The zero-order valence-electron chi connectivity index (χ0n) is 11.7. The van der Waals surface area contributed by atoms with Gasteiger partial charge in [0.25, 0.3) is 0 Å². The molecule has 1 amide bonds. The van der Waals surface area contributed by atoms with Gasteiger partial charge in [0.1, 0.15) is 5.25 Å². The van der Waals surface area contributed by atoms with Gasteiger partial charge in [0.05, 0.1) is 0 Å². The van der Waals surface area contributed by atoms with E-state index in [2.05, 4.69) is 38.1 Å².